The molecule has 1 saturated carbocycles. The maximum atomic E-state index is 6.02. The summed E-state index contributed by atoms with van der Waals surface area (Å²) in [4.78, 5) is 0. The highest BCUT2D eigenvalue weighted by molar-refractivity contribution is 5.45. The Bertz CT molecular complexity index is 443. The Morgan fingerprint density at radius 1 is 1.25 bits per heavy atom. The molecule has 2 atom stereocenters. The minimum Gasteiger partial charge on any atom is -0.493 e. The summed E-state index contributed by atoms with van der Waals surface area (Å²) >= 11 is 0. The van der Waals surface area contributed by atoms with Crippen LogP contribution < -0.4 is 10.1 Å². The second-order valence-corrected chi connectivity index (χ2v) is 6.29. The lowest BCUT2D eigenvalue weighted by Crippen LogP contribution is -2.25. The third-order valence-corrected chi connectivity index (χ3v) is 4.86. The van der Waals surface area contributed by atoms with E-state index in [0.717, 1.165) is 19.1 Å². The molecule has 0 spiro atoms. The third-order valence-electron chi connectivity index (χ3n) is 4.86. The summed E-state index contributed by atoms with van der Waals surface area (Å²) in [6.45, 7) is 5.45. The van der Waals surface area contributed by atoms with Crippen LogP contribution >= 0.6 is 0 Å². The number of nitrogens with one attached hydrogen (secondary N) is 1. The van der Waals surface area contributed by atoms with Gasteiger partial charge in [0.05, 0.1) is 6.61 Å². The van der Waals surface area contributed by atoms with Crippen molar-refractivity contribution in [3.63, 3.8) is 0 Å². The number of fused-ring (bicyclic) bond motifs is 1. The zero-order chi connectivity index (χ0) is 13.8. The minimum absolute atomic E-state index is 0.701. The number of hydrogen-bond donors (Lipinski definition) is 1. The lowest BCUT2D eigenvalue weighted by Gasteiger charge is -2.26. The largest absolute Gasteiger partial charge is 0.493 e. The third kappa shape index (κ3) is 2.85. The second kappa shape index (κ2) is 6.62. The number of hydrogen-bond acceptors (Lipinski definition) is 2. The molecule has 1 N–H and O–H groups in total. The van der Waals surface area contributed by atoms with Gasteiger partial charge in [0.1, 0.15) is 5.75 Å². The number of aryl methyl sites for hydroxylation is 1. The number of para-hydroxylation sites is 1. The lowest BCUT2D eigenvalue weighted by molar-refractivity contribution is 0.280. The average molecular weight is 273 g/mol. The molecule has 1 fully saturated rings. The molecule has 0 aromatic heterocycles. The molecule has 1 aliphatic carbocycles. The van der Waals surface area contributed by atoms with Gasteiger partial charge in [0.2, 0.25) is 0 Å². The molecule has 1 aromatic carbocycles. The van der Waals surface area contributed by atoms with E-state index in [9.17, 15) is 0 Å². The van der Waals surface area contributed by atoms with Crippen LogP contribution in [0.4, 0.5) is 0 Å². The molecule has 0 bridgehead atoms. The van der Waals surface area contributed by atoms with Crippen LogP contribution in [0.5, 0.6) is 5.75 Å². The monoisotopic (exact) mass is 273 g/mol. The predicted octanol–water partition coefficient (Wildman–Crippen LogP) is 3.89. The highest BCUT2D eigenvalue weighted by Crippen LogP contribution is 2.44. The summed E-state index contributed by atoms with van der Waals surface area (Å²) in [5, 5.41) is 3.62. The van der Waals surface area contributed by atoms with Crippen LogP contribution in [0.1, 0.15) is 56.1 Å². The van der Waals surface area contributed by atoms with Crippen molar-refractivity contribution in [1.29, 1.82) is 0 Å². The van der Waals surface area contributed by atoms with Crippen LogP contribution in [0.2, 0.25) is 0 Å². The first kappa shape index (κ1) is 13.9. The summed E-state index contributed by atoms with van der Waals surface area (Å²) in [6, 6.07) is 6.79. The van der Waals surface area contributed by atoms with Gasteiger partial charge in [-0.15, -0.1) is 0 Å². The van der Waals surface area contributed by atoms with E-state index in [4.69, 9.17) is 4.74 Å². The first-order chi connectivity index (χ1) is 9.90. The van der Waals surface area contributed by atoms with E-state index < -0.39 is 0 Å². The number of benzene rings is 1. The van der Waals surface area contributed by atoms with Gasteiger partial charge in [-0.2, -0.15) is 0 Å². The van der Waals surface area contributed by atoms with Crippen LogP contribution in [-0.4, -0.2) is 19.7 Å². The zero-order valence-electron chi connectivity index (χ0n) is 12.7. The van der Waals surface area contributed by atoms with Crippen LogP contribution in [0.3, 0.4) is 0 Å². The first-order valence-electron chi connectivity index (χ1n) is 8.35. The average Bonchev–Trinajstić information content (AvgIpc) is 2.95. The van der Waals surface area contributed by atoms with Crippen molar-refractivity contribution < 1.29 is 4.74 Å². The van der Waals surface area contributed by atoms with Crippen LogP contribution in [0.25, 0.3) is 0 Å². The smallest absolute Gasteiger partial charge is 0.125 e. The van der Waals surface area contributed by atoms with Crippen LogP contribution in [-0.2, 0) is 6.42 Å². The molecule has 110 valence electrons. The molecule has 1 aliphatic heterocycles. The molecule has 0 radical (unpaired) electrons. The van der Waals surface area contributed by atoms with E-state index in [0.29, 0.717) is 5.92 Å². The van der Waals surface area contributed by atoms with Gasteiger partial charge in [-0.25, -0.2) is 0 Å². The Hall–Kier alpha value is -1.02. The predicted molar refractivity (Wildman–Crippen MR) is 83.5 cm³/mol. The maximum absolute atomic E-state index is 6.02. The summed E-state index contributed by atoms with van der Waals surface area (Å²) in [5.74, 6) is 2.72. The van der Waals surface area contributed by atoms with E-state index in [1.807, 2.05) is 0 Å². The van der Waals surface area contributed by atoms with Gasteiger partial charge in [-0.3, -0.25) is 0 Å². The highest BCUT2D eigenvalue weighted by atomic mass is 16.5. The summed E-state index contributed by atoms with van der Waals surface area (Å²) < 4.78 is 6.02. The molecule has 0 saturated heterocycles. The Balaban J connectivity index is 1.77. The molecule has 1 heterocycles. The Morgan fingerprint density at radius 3 is 3.10 bits per heavy atom. The molecule has 2 unspecified atom stereocenters. The van der Waals surface area contributed by atoms with Crippen molar-refractivity contribution >= 4 is 0 Å². The van der Waals surface area contributed by atoms with Crippen LogP contribution in [0.15, 0.2) is 18.2 Å². The fourth-order valence-corrected chi connectivity index (χ4v) is 3.86. The summed E-state index contributed by atoms with van der Waals surface area (Å²) in [6.07, 6.45) is 7.65. The number of rotatable bonds is 5. The van der Waals surface area contributed by atoms with Gasteiger partial charge in [0.15, 0.2) is 0 Å². The van der Waals surface area contributed by atoms with Gasteiger partial charge in [-0.1, -0.05) is 31.5 Å². The molecule has 2 aliphatic rings. The normalized spacial score (nSPS) is 25.2. The Morgan fingerprint density at radius 2 is 2.20 bits per heavy atom. The highest BCUT2D eigenvalue weighted by Gasteiger charge is 2.31. The number of ether oxygens (including phenoxy) is 1. The standard InChI is InChI=1S/C18H27NO/c1-2-11-19-13-15-7-4-9-16(15)17-10-3-6-14-8-5-12-20-18(14)17/h3,6,10,15-16,19H,2,4-5,7-9,11-13H2,1H3. The fourth-order valence-electron chi connectivity index (χ4n) is 3.86. The van der Waals surface area contributed by atoms with E-state index >= 15 is 0 Å². The van der Waals surface area contributed by atoms with Gasteiger partial charge in [0, 0.05) is 0 Å². The quantitative estimate of drug-likeness (QED) is 0.822. The van der Waals surface area contributed by atoms with Gasteiger partial charge in [-0.05, 0) is 68.2 Å². The summed E-state index contributed by atoms with van der Waals surface area (Å²) in [5.41, 5.74) is 2.92. The van der Waals surface area contributed by atoms with Gasteiger partial charge >= 0.3 is 0 Å². The van der Waals surface area contributed by atoms with Crippen molar-refractivity contribution in [2.75, 3.05) is 19.7 Å². The second-order valence-electron chi connectivity index (χ2n) is 6.29. The van der Waals surface area contributed by atoms with Crippen molar-refractivity contribution in [2.24, 2.45) is 5.92 Å². The topological polar surface area (TPSA) is 21.3 Å². The summed E-state index contributed by atoms with van der Waals surface area (Å²) in [7, 11) is 0. The molecular weight excluding hydrogens is 246 g/mol. The molecule has 2 nitrogen and oxygen atoms in total. The van der Waals surface area contributed by atoms with E-state index in [2.05, 4.69) is 30.4 Å². The van der Waals surface area contributed by atoms with Crippen LogP contribution in [0, 0.1) is 5.92 Å². The van der Waals surface area contributed by atoms with Crippen molar-refractivity contribution in [1.82, 2.24) is 5.32 Å². The minimum atomic E-state index is 0.701. The lowest BCUT2D eigenvalue weighted by atomic mass is 9.86. The van der Waals surface area contributed by atoms with Crippen molar-refractivity contribution in [3.8, 4) is 5.75 Å². The Labute approximate surface area is 122 Å². The van der Waals surface area contributed by atoms with Crippen molar-refractivity contribution in [3.05, 3.63) is 29.3 Å². The van der Waals surface area contributed by atoms with E-state index in [-0.39, 0.29) is 0 Å². The van der Waals surface area contributed by atoms with E-state index in [1.165, 1.54) is 61.9 Å². The first-order valence-corrected chi connectivity index (χ1v) is 8.35. The van der Waals surface area contributed by atoms with E-state index in [1.54, 1.807) is 0 Å². The zero-order valence-corrected chi connectivity index (χ0v) is 12.7. The van der Waals surface area contributed by atoms with Crippen molar-refractivity contribution in [2.45, 2.75) is 51.4 Å². The molecule has 3 rings (SSSR count). The fraction of sp³-hybridized carbons (Fsp3) is 0.667. The molecule has 1 aromatic rings. The maximum Gasteiger partial charge on any atom is 0.125 e. The molecular formula is C18H27NO. The SMILES string of the molecule is CCCNCC1CCCC1c1cccc2c1OCCC2. The molecule has 2 heteroatoms. The van der Waals surface area contributed by atoms with Gasteiger partial charge < -0.3 is 10.1 Å². The van der Waals surface area contributed by atoms with Gasteiger partial charge in [0.25, 0.3) is 0 Å². The molecule has 20 heavy (non-hydrogen) atoms. The molecule has 0 amide bonds. The Kier molecular flexibility index (Phi) is 4.62.